The molecule has 0 aromatic heterocycles. The lowest BCUT2D eigenvalue weighted by atomic mass is 9.51. The van der Waals surface area contributed by atoms with Crippen molar-refractivity contribution in [3.8, 4) is 0 Å². The van der Waals surface area contributed by atoms with Crippen LogP contribution >= 0.6 is 0 Å². The van der Waals surface area contributed by atoms with Gasteiger partial charge in [0.15, 0.2) is 11.6 Å². The number of aromatic carboxylic acids is 1. The molecular weight excluding hydrogens is 348 g/mol. The van der Waals surface area contributed by atoms with Crippen molar-refractivity contribution in [2.24, 2.45) is 11.8 Å². The molecule has 0 bridgehead atoms. The summed E-state index contributed by atoms with van der Waals surface area (Å²) in [5, 5.41) is 18.8. The van der Waals surface area contributed by atoms with Crippen LogP contribution in [0.25, 0.3) is 0 Å². The number of carbonyl (C=O) groups excluding carboxylic acids is 1. The summed E-state index contributed by atoms with van der Waals surface area (Å²) >= 11 is 0. The van der Waals surface area contributed by atoms with Crippen molar-refractivity contribution < 1.29 is 29.3 Å². The van der Waals surface area contributed by atoms with Crippen LogP contribution in [0.4, 0.5) is 0 Å². The van der Waals surface area contributed by atoms with Crippen LogP contribution in [0.15, 0.2) is 36.1 Å². The number of carboxylic acid groups (broad SMARTS) is 1. The van der Waals surface area contributed by atoms with Crippen molar-refractivity contribution in [2.75, 3.05) is 13.2 Å². The van der Waals surface area contributed by atoms with E-state index in [1.54, 1.807) is 24.3 Å². The molecule has 1 aromatic carbocycles. The lowest BCUT2D eigenvalue weighted by Gasteiger charge is -2.55. The van der Waals surface area contributed by atoms with Crippen LogP contribution in [-0.2, 0) is 19.7 Å². The van der Waals surface area contributed by atoms with Gasteiger partial charge in [-0.1, -0.05) is 19.1 Å². The highest BCUT2D eigenvalue weighted by molar-refractivity contribution is 6.04. The number of carboxylic acids is 1. The predicted octanol–water partition coefficient (Wildman–Crippen LogP) is 3.22. The van der Waals surface area contributed by atoms with Gasteiger partial charge in [0.25, 0.3) is 0 Å². The van der Waals surface area contributed by atoms with Gasteiger partial charge in [0.1, 0.15) is 0 Å². The fourth-order valence-electron chi connectivity index (χ4n) is 5.41. The molecule has 3 atom stereocenters. The van der Waals surface area contributed by atoms with E-state index in [4.69, 9.17) is 9.47 Å². The van der Waals surface area contributed by atoms with Gasteiger partial charge in [0.2, 0.25) is 0 Å². The van der Waals surface area contributed by atoms with Gasteiger partial charge in [-0.3, -0.25) is 4.79 Å². The summed E-state index contributed by atoms with van der Waals surface area (Å²) in [5.74, 6) is -1.70. The molecule has 144 valence electrons. The van der Waals surface area contributed by atoms with Crippen molar-refractivity contribution in [3.05, 3.63) is 47.2 Å². The molecule has 1 heterocycles. The molecule has 2 N–H and O–H groups in total. The zero-order valence-electron chi connectivity index (χ0n) is 15.3. The first-order valence-corrected chi connectivity index (χ1v) is 9.44. The number of ketones is 1. The highest BCUT2D eigenvalue weighted by Crippen LogP contribution is 2.58. The van der Waals surface area contributed by atoms with E-state index in [1.807, 2.05) is 0 Å². The van der Waals surface area contributed by atoms with Gasteiger partial charge in [-0.25, -0.2) is 4.79 Å². The number of aliphatic hydroxyl groups is 1. The maximum atomic E-state index is 13.5. The van der Waals surface area contributed by atoms with Gasteiger partial charge in [-0.05, 0) is 42.9 Å². The highest BCUT2D eigenvalue weighted by Gasteiger charge is 2.61. The fraction of sp³-hybridized carbons (Fsp3) is 0.524. The summed E-state index contributed by atoms with van der Waals surface area (Å²) in [5.41, 5.74) is 0.644. The Labute approximate surface area is 157 Å². The summed E-state index contributed by atoms with van der Waals surface area (Å²) in [6.07, 6.45) is 3.34. The molecule has 2 saturated carbocycles. The van der Waals surface area contributed by atoms with Gasteiger partial charge in [-0.15, -0.1) is 0 Å². The molecule has 2 aliphatic carbocycles. The van der Waals surface area contributed by atoms with Crippen LogP contribution < -0.4 is 0 Å². The van der Waals surface area contributed by atoms with E-state index >= 15 is 0 Å². The second-order valence-electron chi connectivity index (χ2n) is 7.78. The minimum absolute atomic E-state index is 0.00349. The van der Waals surface area contributed by atoms with Crippen LogP contribution in [0.2, 0.25) is 0 Å². The number of benzene rings is 1. The average molecular weight is 372 g/mol. The number of aliphatic hydroxyl groups excluding tert-OH is 1. The third kappa shape index (κ3) is 2.54. The van der Waals surface area contributed by atoms with E-state index in [2.05, 4.69) is 6.92 Å². The van der Waals surface area contributed by atoms with Crippen molar-refractivity contribution >= 4 is 11.8 Å². The van der Waals surface area contributed by atoms with E-state index in [0.29, 0.717) is 38.0 Å². The molecule has 3 fully saturated rings. The smallest absolute Gasteiger partial charge is 0.335 e. The number of allylic oxidation sites excluding steroid dienone is 1. The predicted molar refractivity (Wildman–Crippen MR) is 96.6 cm³/mol. The minimum Gasteiger partial charge on any atom is -0.515 e. The monoisotopic (exact) mass is 372 g/mol. The van der Waals surface area contributed by atoms with Crippen LogP contribution in [0.1, 0.15) is 48.5 Å². The SMILES string of the molecule is CC1C2CCC(=CO)C(=O)C2(c2ccc(C(=O)O)cc2)CCC12OCCO2. The fourth-order valence-corrected chi connectivity index (χ4v) is 5.41. The largest absolute Gasteiger partial charge is 0.515 e. The van der Waals surface area contributed by atoms with Crippen molar-refractivity contribution in [2.45, 2.75) is 43.8 Å². The topological polar surface area (TPSA) is 93.1 Å². The standard InChI is InChI=1S/C21H24O6/c1-13-17-7-4-15(12-22)18(23)20(17,8-9-21(13)26-10-11-27-21)16-5-2-14(3-6-16)19(24)25/h2-3,5-6,12-13,17,22H,4,7-11H2,1H3,(H,24,25). The Hall–Kier alpha value is -2.18. The number of Topliss-reactive ketones (excluding diaryl/α,β-unsaturated/α-hetero) is 1. The van der Waals surface area contributed by atoms with Crippen LogP contribution in [0.3, 0.4) is 0 Å². The second kappa shape index (κ2) is 6.46. The molecule has 1 aromatic rings. The molecule has 1 saturated heterocycles. The first-order valence-electron chi connectivity index (χ1n) is 9.44. The maximum Gasteiger partial charge on any atom is 0.335 e. The molecule has 4 rings (SSSR count). The number of hydrogen-bond acceptors (Lipinski definition) is 5. The molecule has 3 aliphatic rings. The molecule has 3 unspecified atom stereocenters. The van der Waals surface area contributed by atoms with Crippen molar-refractivity contribution in [1.82, 2.24) is 0 Å². The summed E-state index contributed by atoms with van der Waals surface area (Å²) in [6, 6.07) is 6.59. The molecule has 6 nitrogen and oxygen atoms in total. The molecule has 0 radical (unpaired) electrons. The van der Waals surface area contributed by atoms with Gasteiger partial charge in [0.05, 0.1) is 30.5 Å². The Bertz CT molecular complexity index is 789. The number of ether oxygens (including phenoxy) is 2. The van der Waals surface area contributed by atoms with Gasteiger partial charge in [-0.2, -0.15) is 0 Å². The number of rotatable bonds is 2. The minimum atomic E-state index is -0.995. The summed E-state index contributed by atoms with van der Waals surface area (Å²) in [4.78, 5) is 24.7. The quantitative estimate of drug-likeness (QED) is 0.612. The van der Waals surface area contributed by atoms with Crippen molar-refractivity contribution in [1.29, 1.82) is 0 Å². The molecule has 0 amide bonds. The highest BCUT2D eigenvalue weighted by atomic mass is 16.7. The zero-order chi connectivity index (χ0) is 19.2. The van der Waals surface area contributed by atoms with Crippen LogP contribution in [-0.4, -0.2) is 41.0 Å². The number of fused-ring (bicyclic) bond motifs is 1. The molecule has 1 aliphatic heterocycles. The third-order valence-corrected chi connectivity index (χ3v) is 6.80. The third-order valence-electron chi connectivity index (χ3n) is 6.80. The van der Waals surface area contributed by atoms with E-state index in [1.165, 1.54) is 0 Å². The Morgan fingerprint density at radius 1 is 1.19 bits per heavy atom. The Kier molecular flexibility index (Phi) is 4.35. The van der Waals surface area contributed by atoms with Crippen LogP contribution in [0, 0.1) is 11.8 Å². The first kappa shape index (κ1) is 18.2. The van der Waals surface area contributed by atoms with Gasteiger partial charge >= 0.3 is 5.97 Å². The molecule has 27 heavy (non-hydrogen) atoms. The average Bonchev–Trinajstić information content (AvgIpc) is 3.15. The Balaban J connectivity index is 1.81. The van der Waals surface area contributed by atoms with Gasteiger partial charge < -0.3 is 19.7 Å². The second-order valence-corrected chi connectivity index (χ2v) is 7.78. The van der Waals surface area contributed by atoms with E-state index in [9.17, 15) is 19.8 Å². The summed E-state index contributed by atoms with van der Waals surface area (Å²) in [6.45, 7) is 3.21. The maximum absolute atomic E-state index is 13.5. The Morgan fingerprint density at radius 3 is 2.44 bits per heavy atom. The molecular formula is C21H24O6. The lowest BCUT2D eigenvalue weighted by molar-refractivity contribution is -0.234. The van der Waals surface area contributed by atoms with E-state index in [-0.39, 0.29) is 23.2 Å². The molecule has 1 spiro atoms. The molecule has 6 heteroatoms. The number of carbonyl (C=O) groups is 2. The number of hydrogen-bond donors (Lipinski definition) is 2. The van der Waals surface area contributed by atoms with Crippen LogP contribution in [0.5, 0.6) is 0 Å². The zero-order valence-corrected chi connectivity index (χ0v) is 15.3. The van der Waals surface area contributed by atoms with Gasteiger partial charge in [0, 0.05) is 17.9 Å². The normalized spacial score (nSPS) is 34.0. The van der Waals surface area contributed by atoms with E-state index in [0.717, 1.165) is 18.2 Å². The Morgan fingerprint density at radius 2 is 1.85 bits per heavy atom. The summed E-state index contributed by atoms with van der Waals surface area (Å²) in [7, 11) is 0. The first-order chi connectivity index (χ1) is 12.9. The summed E-state index contributed by atoms with van der Waals surface area (Å²) < 4.78 is 12.0. The van der Waals surface area contributed by atoms with Crippen molar-refractivity contribution in [3.63, 3.8) is 0 Å². The van der Waals surface area contributed by atoms with E-state index < -0.39 is 17.2 Å². The lowest BCUT2D eigenvalue weighted by Crippen LogP contribution is -2.59.